The minimum Gasteiger partial charge on any atom is -0.329 e. The number of hydrogen-bond acceptors (Lipinski definition) is 3. The molecule has 0 aliphatic rings. The Hall–Kier alpha value is 0.390. The number of thiophene rings is 1. The number of nitrogens with two attached hydrogens (primary N) is 1. The lowest BCUT2D eigenvalue weighted by molar-refractivity contribution is 0.227. The lowest BCUT2D eigenvalue weighted by Gasteiger charge is -2.27. The van der Waals surface area contributed by atoms with Gasteiger partial charge in [0, 0.05) is 15.9 Å². The van der Waals surface area contributed by atoms with Crippen molar-refractivity contribution in [2.24, 2.45) is 5.73 Å². The molecule has 86 valence electrons. The van der Waals surface area contributed by atoms with Crippen molar-refractivity contribution in [1.29, 1.82) is 0 Å². The van der Waals surface area contributed by atoms with Crippen molar-refractivity contribution >= 4 is 38.9 Å². The minimum absolute atomic E-state index is 0.286. The average molecular weight is 312 g/mol. The maximum atomic E-state index is 6.03. The summed E-state index contributed by atoms with van der Waals surface area (Å²) in [6.07, 6.45) is 0. The zero-order chi connectivity index (χ0) is 11.4. The third kappa shape index (κ3) is 3.17. The molecule has 0 fully saturated rings. The monoisotopic (exact) mass is 310 g/mol. The van der Waals surface area contributed by atoms with Gasteiger partial charge in [-0.1, -0.05) is 25.4 Å². The standard InChI is InChI=1S/C10H16BrClN2S/c1-3-14(4-2)8(6-13)9-5-7(11)10(12)15-9/h5,8H,3-4,6,13H2,1-2H3. The van der Waals surface area contributed by atoms with Gasteiger partial charge in [0.05, 0.1) is 6.04 Å². The Morgan fingerprint density at radius 1 is 1.53 bits per heavy atom. The van der Waals surface area contributed by atoms with Crippen LogP contribution >= 0.6 is 38.9 Å². The number of halogens is 2. The van der Waals surface area contributed by atoms with Crippen LogP contribution in [0.15, 0.2) is 10.5 Å². The normalized spacial score (nSPS) is 13.5. The summed E-state index contributed by atoms with van der Waals surface area (Å²) < 4.78 is 1.77. The Balaban J connectivity index is 2.91. The molecule has 0 aliphatic carbocycles. The first-order valence-corrected chi connectivity index (χ1v) is 7.01. The highest BCUT2D eigenvalue weighted by atomic mass is 79.9. The summed E-state index contributed by atoms with van der Waals surface area (Å²) in [7, 11) is 0. The van der Waals surface area contributed by atoms with Crippen molar-refractivity contribution in [2.75, 3.05) is 19.6 Å². The van der Waals surface area contributed by atoms with E-state index in [4.69, 9.17) is 17.3 Å². The largest absolute Gasteiger partial charge is 0.329 e. The molecule has 5 heteroatoms. The molecule has 0 saturated carbocycles. The van der Waals surface area contributed by atoms with Gasteiger partial charge in [0.25, 0.3) is 0 Å². The summed E-state index contributed by atoms with van der Waals surface area (Å²) in [6, 6.07) is 2.36. The molecule has 0 spiro atoms. The summed E-state index contributed by atoms with van der Waals surface area (Å²) >= 11 is 11.1. The molecule has 1 rings (SSSR count). The van der Waals surface area contributed by atoms with Crippen LogP contribution in [0.4, 0.5) is 0 Å². The van der Waals surface area contributed by atoms with Crippen molar-refractivity contribution in [3.8, 4) is 0 Å². The van der Waals surface area contributed by atoms with Gasteiger partial charge in [0.2, 0.25) is 0 Å². The third-order valence-corrected chi connectivity index (χ3v) is 5.04. The van der Waals surface area contributed by atoms with E-state index in [9.17, 15) is 0 Å². The SMILES string of the molecule is CCN(CC)C(CN)c1cc(Br)c(Cl)s1. The molecule has 1 heterocycles. The van der Waals surface area contributed by atoms with E-state index in [2.05, 4.69) is 40.7 Å². The quantitative estimate of drug-likeness (QED) is 0.901. The van der Waals surface area contributed by atoms with Crippen LogP contribution in [0.3, 0.4) is 0 Å². The second kappa shape index (κ2) is 6.21. The molecular formula is C10H16BrClN2S. The molecule has 1 aromatic heterocycles. The van der Waals surface area contributed by atoms with Gasteiger partial charge in [0.1, 0.15) is 4.34 Å². The number of hydrogen-bond donors (Lipinski definition) is 1. The van der Waals surface area contributed by atoms with Gasteiger partial charge in [-0.3, -0.25) is 4.90 Å². The van der Waals surface area contributed by atoms with Crippen molar-refractivity contribution in [3.63, 3.8) is 0 Å². The smallest absolute Gasteiger partial charge is 0.107 e. The van der Waals surface area contributed by atoms with E-state index in [-0.39, 0.29) is 6.04 Å². The van der Waals surface area contributed by atoms with E-state index in [1.54, 1.807) is 11.3 Å². The van der Waals surface area contributed by atoms with Crippen LogP contribution in [0.25, 0.3) is 0 Å². The van der Waals surface area contributed by atoms with Crippen molar-refractivity contribution in [3.05, 3.63) is 19.8 Å². The van der Waals surface area contributed by atoms with Gasteiger partial charge < -0.3 is 5.73 Å². The first-order chi connectivity index (χ1) is 7.13. The molecule has 2 nitrogen and oxygen atoms in total. The van der Waals surface area contributed by atoms with Crippen LogP contribution in [0.5, 0.6) is 0 Å². The fourth-order valence-corrected chi connectivity index (χ4v) is 3.52. The highest BCUT2D eigenvalue weighted by molar-refractivity contribution is 9.10. The van der Waals surface area contributed by atoms with Crippen LogP contribution < -0.4 is 5.73 Å². The van der Waals surface area contributed by atoms with Gasteiger partial charge in [0.15, 0.2) is 0 Å². The lowest BCUT2D eigenvalue weighted by Crippen LogP contribution is -2.32. The van der Waals surface area contributed by atoms with E-state index in [0.29, 0.717) is 6.54 Å². The zero-order valence-electron chi connectivity index (χ0n) is 8.96. The molecule has 1 atom stereocenters. The number of likely N-dealkylation sites (N-methyl/N-ethyl adjacent to an activating group) is 1. The Bertz CT molecular complexity index is 293. The molecule has 0 saturated heterocycles. The van der Waals surface area contributed by atoms with Crippen LogP contribution in [0, 0.1) is 0 Å². The molecule has 0 amide bonds. The van der Waals surface area contributed by atoms with E-state index in [1.807, 2.05) is 0 Å². The summed E-state index contributed by atoms with van der Waals surface area (Å²) in [5.41, 5.74) is 5.82. The molecule has 15 heavy (non-hydrogen) atoms. The molecule has 1 unspecified atom stereocenters. The fraction of sp³-hybridized carbons (Fsp3) is 0.600. The molecule has 2 N–H and O–H groups in total. The van der Waals surface area contributed by atoms with Gasteiger partial charge >= 0.3 is 0 Å². The average Bonchev–Trinajstić information content (AvgIpc) is 2.55. The Labute approximate surface area is 109 Å². The molecule has 1 aromatic rings. The topological polar surface area (TPSA) is 29.3 Å². The second-order valence-electron chi connectivity index (χ2n) is 3.24. The van der Waals surface area contributed by atoms with Crippen molar-refractivity contribution in [2.45, 2.75) is 19.9 Å². The van der Waals surface area contributed by atoms with E-state index >= 15 is 0 Å². The number of rotatable bonds is 5. The lowest BCUT2D eigenvalue weighted by atomic mass is 10.2. The van der Waals surface area contributed by atoms with Crippen LogP contribution in [0.2, 0.25) is 4.34 Å². The van der Waals surface area contributed by atoms with Crippen molar-refractivity contribution < 1.29 is 0 Å². The summed E-state index contributed by atoms with van der Waals surface area (Å²) in [4.78, 5) is 3.58. The molecule has 0 radical (unpaired) electrons. The van der Waals surface area contributed by atoms with E-state index in [0.717, 1.165) is 21.9 Å². The van der Waals surface area contributed by atoms with Gasteiger partial charge in [-0.2, -0.15) is 0 Å². The van der Waals surface area contributed by atoms with Gasteiger partial charge in [-0.15, -0.1) is 11.3 Å². The molecular weight excluding hydrogens is 296 g/mol. The predicted octanol–water partition coefficient (Wildman–Crippen LogP) is 3.51. The highest BCUT2D eigenvalue weighted by Crippen LogP contribution is 2.36. The van der Waals surface area contributed by atoms with Crippen LogP contribution in [-0.4, -0.2) is 24.5 Å². The summed E-state index contributed by atoms with van der Waals surface area (Å²) in [6.45, 7) is 6.94. The maximum Gasteiger partial charge on any atom is 0.107 e. The highest BCUT2D eigenvalue weighted by Gasteiger charge is 2.19. The Kier molecular flexibility index (Phi) is 5.57. The fourth-order valence-electron chi connectivity index (χ4n) is 1.64. The van der Waals surface area contributed by atoms with Crippen molar-refractivity contribution in [1.82, 2.24) is 4.90 Å². The third-order valence-electron chi connectivity index (χ3n) is 2.47. The van der Waals surface area contributed by atoms with Gasteiger partial charge in [-0.05, 0) is 35.1 Å². The maximum absolute atomic E-state index is 6.03. The molecule has 0 bridgehead atoms. The minimum atomic E-state index is 0.286. The second-order valence-corrected chi connectivity index (χ2v) is 5.78. The predicted molar refractivity (Wildman–Crippen MR) is 71.7 cm³/mol. The van der Waals surface area contributed by atoms with Gasteiger partial charge in [-0.25, -0.2) is 0 Å². The van der Waals surface area contributed by atoms with E-state index < -0.39 is 0 Å². The Morgan fingerprint density at radius 3 is 2.47 bits per heavy atom. The van der Waals surface area contributed by atoms with Crippen LogP contribution in [-0.2, 0) is 0 Å². The Morgan fingerprint density at radius 2 is 2.13 bits per heavy atom. The number of nitrogens with zero attached hydrogens (tertiary/aromatic N) is 1. The molecule has 0 aliphatic heterocycles. The summed E-state index contributed by atoms with van der Waals surface area (Å²) in [5, 5.41) is 0. The van der Waals surface area contributed by atoms with E-state index in [1.165, 1.54) is 4.88 Å². The zero-order valence-corrected chi connectivity index (χ0v) is 12.1. The summed E-state index contributed by atoms with van der Waals surface area (Å²) in [5.74, 6) is 0. The first kappa shape index (κ1) is 13.5. The molecule has 0 aromatic carbocycles. The van der Waals surface area contributed by atoms with Crippen LogP contribution in [0.1, 0.15) is 24.8 Å². The first-order valence-electron chi connectivity index (χ1n) is 5.02.